The van der Waals surface area contributed by atoms with Gasteiger partial charge in [0.2, 0.25) is 0 Å². The molecule has 1 aliphatic rings. The monoisotopic (exact) mass is 378 g/mol. The summed E-state index contributed by atoms with van der Waals surface area (Å²) in [5.74, 6) is 0. The number of nitrogens with zero attached hydrogens (tertiary/aromatic N) is 2. The lowest BCUT2D eigenvalue weighted by Gasteiger charge is -2.35. The van der Waals surface area contributed by atoms with Gasteiger partial charge in [0.15, 0.2) is 0 Å². The van der Waals surface area contributed by atoms with Crippen molar-refractivity contribution in [3.63, 3.8) is 0 Å². The third kappa shape index (κ3) is 2.73. The molecule has 0 bridgehead atoms. The zero-order chi connectivity index (χ0) is 16.4. The summed E-state index contributed by atoms with van der Waals surface area (Å²) in [7, 11) is 0. The van der Waals surface area contributed by atoms with E-state index in [0.717, 1.165) is 24.0 Å². The molecular formula is C21H19BrN2. The zero-order valence-corrected chi connectivity index (χ0v) is 15.0. The largest absolute Gasteiger partial charge is 0.365 e. The van der Waals surface area contributed by atoms with Crippen LogP contribution in [0.5, 0.6) is 0 Å². The van der Waals surface area contributed by atoms with Gasteiger partial charge in [-0.1, -0.05) is 64.5 Å². The number of aromatic nitrogens is 1. The minimum Gasteiger partial charge on any atom is -0.365 e. The van der Waals surface area contributed by atoms with E-state index in [1.165, 1.54) is 21.9 Å². The van der Waals surface area contributed by atoms with Crippen molar-refractivity contribution in [3.8, 4) is 0 Å². The van der Waals surface area contributed by atoms with Gasteiger partial charge in [-0.2, -0.15) is 0 Å². The number of rotatable bonds is 4. The van der Waals surface area contributed by atoms with Crippen molar-refractivity contribution in [2.45, 2.75) is 12.5 Å². The first kappa shape index (κ1) is 15.4. The summed E-state index contributed by atoms with van der Waals surface area (Å²) in [5, 5.41) is 3.49. The summed E-state index contributed by atoms with van der Waals surface area (Å²) in [6.45, 7) is 1.01. The molecule has 1 unspecified atom stereocenters. The maximum Gasteiger partial charge on any atom is 0.0972 e. The van der Waals surface area contributed by atoms with Crippen LogP contribution in [0.3, 0.4) is 0 Å². The van der Waals surface area contributed by atoms with Crippen LogP contribution >= 0.6 is 15.9 Å². The molecule has 1 aliphatic heterocycles. The fourth-order valence-corrected chi connectivity index (χ4v) is 3.71. The molecule has 0 aliphatic carbocycles. The van der Waals surface area contributed by atoms with Crippen LogP contribution in [0.1, 0.15) is 29.3 Å². The molecular weight excluding hydrogens is 360 g/mol. The maximum atomic E-state index is 4.80. The van der Waals surface area contributed by atoms with Gasteiger partial charge in [-0.3, -0.25) is 4.98 Å². The average Bonchev–Trinajstić information content (AvgIpc) is 2.65. The van der Waals surface area contributed by atoms with Crippen molar-refractivity contribution in [1.29, 1.82) is 0 Å². The van der Waals surface area contributed by atoms with Gasteiger partial charge in [-0.05, 0) is 35.1 Å². The van der Waals surface area contributed by atoms with Crippen LogP contribution in [0.2, 0.25) is 0 Å². The van der Waals surface area contributed by atoms with E-state index >= 15 is 0 Å². The summed E-state index contributed by atoms with van der Waals surface area (Å²) in [6.07, 6.45) is 7.47. The van der Waals surface area contributed by atoms with E-state index in [1.54, 1.807) is 0 Å². The average molecular weight is 379 g/mol. The fraction of sp³-hybridized carbons (Fsp3) is 0.190. The summed E-state index contributed by atoms with van der Waals surface area (Å²) in [4.78, 5) is 7.22. The molecule has 4 rings (SSSR count). The molecule has 3 heteroatoms. The van der Waals surface area contributed by atoms with E-state index < -0.39 is 0 Å². The van der Waals surface area contributed by atoms with E-state index in [1.807, 2.05) is 6.20 Å². The molecule has 2 nitrogen and oxygen atoms in total. The van der Waals surface area contributed by atoms with E-state index in [9.17, 15) is 0 Å². The number of hydrogen-bond acceptors (Lipinski definition) is 2. The first-order valence-corrected chi connectivity index (χ1v) is 9.43. The molecule has 2 aromatic carbocycles. The second-order valence-electron chi connectivity index (χ2n) is 6.04. The van der Waals surface area contributed by atoms with Gasteiger partial charge in [0.05, 0.1) is 11.7 Å². The quantitative estimate of drug-likeness (QED) is 0.565. The molecule has 3 aromatic rings. The minimum absolute atomic E-state index is 0.163. The van der Waals surface area contributed by atoms with Gasteiger partial charge < -0.3 is 4.90 Å². The number of hydrogen-bond donors (Lipinski definition) is 0. The highest BCUT2D eigenvalue weighted by atomic mass is 79.9. The van der Waals surface area contributed by atoms with Crippen molar-refractivity contribution < 1.29 is 0 Å². The summed E-state index contributed by atoms with van der Waals surface area (Å²) >= 11 is 3.56. The van der Waals surface area contributed by atoms with E-state index in [0.29, 0.717) is 0 Å². The van der Waals surface area contributed by atoms with Crippen molar-refractivity contribution in [2.75, 3.05) is 11.9 Å². The minimum atomic E-state index is 0.163. The molecule has 1 atom stereocenters. The molecule has 0 saturated heterocycles. The first-order valence-electron chi connectivity index (χ1n) is 8.31. The van der Waals surface area contributed by atoms with Crippen molar-refractivity contribution >= 4 is 32.8 Å². The topological polar surface area (TPSA) is 16.1 Å². The smallest absolute Gasteiger partial charge is 0.0972 e. The van der Waals surface area contributed by atoms with Crippen molar-refractivity contribution in [1.82, 2.24) is 9.88 Å². The normalized spacial score (nSPS) is 16.4. The molecule has 24 heavy (non-hydrogen) atoms. The predicted octanol–water partition coefficient (Wildman–Crippen LogP) is 5.40. The van der Waals surface area contributed by atoms with Crippen LogP contribution in [-0.2, 0) is 0 Å². The highest BCUT2D eigenvalue weighted by Gasteiger charge is 2.27. The van der Waals surface area contributed by atoms with Crippen LogP contribution < -0.4 is 0 Å². The van der Waals surface area contributed by atoms with Crippen LogP contribution in [0.4, 0.5) is 0 Å². The van der Waals surface area contributed by atoms with Gasteiger partial charge >= 0.3 is 0 Å². The molecule has 0 fully saturated rings. The summed E-state index contributed by atoms with van der Waals surface area (Å²) in [6, 6.07) is 19.4. The fourth-order valence-electron chi connectivity index (χ4n) is 3.46. The van der Waals surface area contributed by atoms with Crippen LogP contribution in [0.15, 0.2) is 67.0 Å². The van der Waals surface area contributed by atoms with Crippen molar-refractivity contribution in [3.05, 3.63) is 83.8 Å². The maximum absolute atomic E-state index is 4.80. The Labute approximate surface area is 151 Å². The molecule has 0 saturated carbocycles. The first-order chi connectivity index (χ1) is 11.9. The van der Waals surface area contributed by atoms with Crippen LogP contribution in [0, 0.1) is 0 Å². The third-order valence-corrected chi connectivity index (χ3v) is 5.14. The summed E-state index contributed by atoms with van der Waals surface area (Å²) < 4.78 is 0. The Bertz CT molecular complexity index is 882. The van der Waals surface area contributed by atoms with E-state index in [-0.39, 0.29) is 6.04 Å². The number of pyridine rings is 1. The summed E-state index contributed by atoms with van der Waals surface area (Å²) in [5.41, 5.74) is 3.75. The second kappa shape index (κ2) is 6.78. The van der Waals surface area contributed by atoms with E-state index in [4.69, 9.17) is 4.98 Å². The van der Waals surface area contributed by atoms with Gasteiger partial charge in [0.25, 0.3) is 0 Å². The molecule has 0 amide bonds. The Kier molecular flexibility index (Phi) is 4.35. The lowest BCUT2D eigenvalue weighted by molar-refractivity contribution is 0.313. The standard InChI is InChI=1S/C21H19BrN2/c22-12-5-14-24-15-11-17-7-2-4-9-19(17)21(24)20-18-8-3-1-6-16(18)10-13-23-20/h1-4,6-11,13,15,21H,5,12,14H2. The van der Waals surface area contributed by atoms with Gasteiger partial charge in [-0.25, -0.2) is 0 Å². The molecule has 120 valence electrons. The molecule has 2 heterocycles. The number of fused-ring (bicyclic) bond motifs is 2. The Morgan fingerprint density at radius 1 is 1.00 bits per heavy atom. The predicted molar refractivity (Wildman–Crippen MR) is 104 cm³/mol. The van der Waals surface area contributed by atoms with Gasteiger partial charge in [-0.15, -0.1) is 0 Å². The Balaban J connectivity index is 1.89. The lowest BCUT2D eigenvalue weighted by Crippen LogP contribution is -2.29. The molecule has 0 N–H and O–H groups in total. The van der Waals surface area contributed by atoms with Crippen LogP contribution in [0.25, 0.3) is 16.8 Å². The van der Waals surface area contributed by atoms with E-state index in [2.05, 4.69) is 87.7 Å². The number of alkyl halides is 1. The molecule has 0 spiro atoms. The molecule has 0 radical (unpaired) electrons. The van der Waals surface area contributed by atoms with Crippen molar-refractivity contribution in [2.24, 2.45) is 0 Å². The highest BCUT2D eigenvalue weighted by Crippen LogP contribution is 2.37. The SMILES string of the molecule is BrCCCN1C=Cc2ccccc2C1c1nccc2ccccc12. The lowest BCUT2D eigenvalue weighted by atomic mass is 9.91. The number of halogens is 1. The second-order valence-corrected chi connectivity index (χ2v) is 6.84. The third-order valence-electron chi connectivity index (χ3n) is 4.58. The highest BCUT2D eigenvalue weighted by molar-refractivity contribution is 9.09. The Morgan fingerprint density at radius 3 is 2.75 bits per heavy atom. The Morgan fingerprint density at radius 2 is 1.83 bits per heavy atom. The zero-order valence-electron chi connectivity index (χ0n) is 13.4. The van der Waals surface area contributed by atoms with Crippen LogP contribution in [-0.4, -0.2) is 21.8 Å². The number of benzene rings is 2. The van der Waals surface area contributed by atoms with Gasteiger partial charge in [0, 0.05) is 29.7 Å². The van der Waals surface area contributed by atoms with Gasteiger partial charge in [0.1, 0.15) is 0 Å². The Hall–Kier alpha value is -2.13. The molecule has 1 aromatic heterocycles.